The lowest BCUT2D eigenvalue weighted by atomic mass is 9.87. The third-order valence-corrected chi connectivity index (χ3v) is 6.55. The average molecular weight is 436 g/mol. The molecule has 164 valence electrons. The lowest BCUT2D eigenvalue weighted by Crippen LogP contribution is -2.41. The van der Waals surface area contributed by atoms with Gasteiger partial charge in [-0.1, -0.05) is 84.4 Å². The van der Waals surface area contributed by atoms with Gasteiger partial charge < -0.3 is 10.0 Å². The molecule has 0 spiro atoms. The Labute approximate surface area is 193 Å². The van der Waals surface area contributed by atoms with Gasteiger partial charge in [0, 0.05) is 11.1 Å². The molecular formula is C29H25NO3. The van der Waals surface area contributed by atoms with Gasteiger partial charge in [0.1, 0.15) is 0 Å². The van der Waals surface area contributed by atoms with Crippen molar-refractivity contribution in [2.75, 3.05) is 4.90 Å². The highest BCUT2D eigenvalue weighted by atomic mass is 16.3. The molecule has 1 amide bonds. The first kappa shape index (κ1) is 21.1. The van der Waals surface area contributed by atoms with Gasteiger partial charge in [-0.15, -0.1) is 0 Å². The van der Waals surface area contributed by atoms with Crippen LogP contribution >= 0.6 is 0 Å². The van der Waals surface area contributed by atoms with Crippen molar-refractivity contribution in [2.45, 2.75) is 32.4 Å². The van der Waals surface area contributed by atoms with Crippen molar-refractivity contribution in [1.29, 1.82) is 0 Å². The van der Waals surface area contributed by atoms with E-state index < -0.39 is 11.5 Å². The minimum Gasteiger partial charge on any atom is -0.375 e. The maximum atomic E-state index is 13.7. The van der Waals surface area contributed by atoms with Crippen LogP contribution in [0.15, 0.2) is 84.9 Å². The summed E-state index contributed by atoms with van der Waals surface area (Å²) < 4.78 is 0. The van der Waals surface area contributed by atoms with Crippen LogP contribution in [0, 0.1) is 13.8 Å². The number of Topliss-reactive ketones (excluding diaryl/α,β-unsaturated/α-hetero) is 1. The number of nitrogens with zero attached hydrogens (tertiary/aromatic N) is 1. The number of hydrogen-bond acceptors (Lipinski definition) is 3. The van der Waals surface area contributed by atoms with Crippen LogP contribution in [0.2, 0.25) is 0 Å². The Morgan fingerprint density at radius 3 is 2.45 bits per heavy atom. The fraction of sp³-hybridized carbons (Fsp3) is 0.172. The van der Waals surface area contributed by atoms with Crippen molar-refractivity contribution in [3.63, 3.8) is 0 Å². The van der Waals surface area contributed by atoms with Gasteiger partial charge in [-0.2, -0.15) is 0 Å². The number of hydrogen-bond donors (Lipinski definition) is 1. The van der Waals surface area contributed by atoms with E-state index in [-0.39, 0.29) is 12.2 Å². The molecule has 4 aromatic rings. The van der Waals surface area contributed by atoms with E-state index in [9.17, 15) is 14.7 Å². The van der Waals surface area contributed by atoms with E-state index in [0.717, 1.165) is 27.5 Å². The fourth-order valence-electron chi connectivity index (χ4n) is 4.89. The topological polar surface area (TPSA) is 57.6 Å². The molecule has 0 aliphatic carbocycles. The van der Waals surface area contributed by atoms with E-state index in [1.165, 1.54) is 0 Å². The molecule has 1 heterocycles. The summed E-state index contributed by atoms with van der Waals surface area (Å²) in [6, 6.07) is 26.8. The molecule has 0 radical (unpaired) electrons. The summed E-state index contributed by atoms with van der Waals surface area (Å²) in [7, 11) is 0. The maximum absolute atomic E-state index is 13.7. The summed E-state index contributed by atoms with van der Waals surface area (Å²) >= 11 is 0. The number of rotatable bonds is 5. The van der Waals surface area contributed by atoms with Gasteiger partial charge in [-0.3, -0.25) is 9.59 Å². The maximum Gasteiger partial charge on any atom is 0.264 e. The zero-order valence-corrected chi connectivity index (χ0v) is 18.7. The van der Waals surface area contributed by atoms with Gasteiger partial charge in [0.05, 0.1) is 18.7 Å². The van der Waals surface area contributed by atoms with Crippen molar-refractivity contribution >= 4 is 28.2 Å². The zero-order chi connectivity index (χ0) is 23.2. The van der Waals surface area contributed by atoms with Crippen LogP contribution in [0.4, 0.5) is 5.69 Å². The van der Waals surface area contributed by atoms with Gasteiger partial charge >= 0.3 is 0 Å². The van der Waals surface area contributed by atoms with Crippen molar-refractivity contribution in [1.82, 2.24) is 0 Å². The highest BCUT2D eigenvalue weighted by molar-refractivity contribution is 6.11. The first-order valence-electron chi connectivity index (χ1n) is 11.1. The molecule has 4 aromatic carbocycles. The summed E-state index contributed by atoms with van der Waals surface area (Å²) in [4.78, 5) is 28.5. The number of aryl methyl sites for hydroxylation is 2. The number of fused-ring (bicyclic) bond motifs is 2. The number of benzene rings is 4. The van der Waals surface area contributed by atoms with Gasteiger partial charge in [0.25, 0.3) is 5.91 Å². The molecule has 1 atom stereocenters. The standard InChI is InChI=1S/C29H25NO3/c1-19-14-15-23(20(2)16-19)27(31)17-29(33)25-12-5-6-13-26(25)30(28(29)32)18-22-10-7-9-21-8-3-4-11-24(21)22/h3-16,33H,17-18H2,1-2H3/t29-/m0/s1. The lowest BCUT2D eigenvalue weighted by Gasteiger charge is -2.23. The van der Waals surface area contributed by atoms with Gasteiger partial charge in [-0.05, 0) is 41.8 Å². The number of aliphatic hydroxyl groups is 1. The molecule has 0 bridgehead atoms. The summed E-state index contributed by atoms with van der Waals surface area (Å²) in [5, 5.41) is 13.8. The quantitative estimate of drug-likeness (QED) is 0.423. The van der Waals surface area contributed by atoms with Crippen LogP contribution in [0.3, 0.4) is 0 Å². The summed E-state index contributed by atoms with van der Waals surface area (Å²) in [6.45, 7) is 4.16. The molecule has 0 unspecified atom stereocenters. The first-order valence-corrected chi connectivity index (χ1v) is 11.1. The molecule has 4 heteroatoms. The van der Waals surface area contributed by atoms with Crippen LogP contribution in [0.5, 0.6) is 0 Å². The molecule has 0 fully saturated rings. The Kier molecular flexibility index (Phi) is 5.10. The molecular weight excluding hydrogens is 410 g/mol. The second kappa shape index (κ2) is 7.98. The second-order valence-electron chi connectivity index (χ2n) is 8.83. The monoisotopic (exact) mass is 435 g/mol. The van der Waals surface area contributed by atoms with E-state index in [2.05, 4.69) is 0 Å². The van der Waals surface area contributed by atoms with Gasteiger partial charge in [-0.25, -0.2) is 0 Å². The Balaban J connectivity index is 1.52. The molecule has 0 saturated heterocycles. The Hall–Kier alpha value is -3.76. The van der Waals surface area contributed by atoms with Gasteiger partial charge in [0.15, 0.2) is 11.4 Å². The highest BCUT2D eigenvalue weighted by Crippen LogP contribution is 2.44. The third kappa shape index (κ3) is 3.53. The molecule has 1 aliphatic rings. The normalized spacial score (nSPS) is 17.4. The number of carbonyl (C=O) groups excluding carboxylic acids is 2. The second-order valence-corrected chi connectivity index (χ2v) is 8.83. The minimum atomic E-state index is -1.89. The van der Waals surface area contributed by atoms with Crippen LogP contribution in [-0.4, -0.2) is 16.8 Å². The molecule has 0 aromatic heterocycles. The zero-order valence-electron chi connectivity index (χ0n) is 18.7. The third-order valence-electron chi connectivity index (χ3n) is 6.55. The summed E-state index contributed by atoms with van der Waals surface area (Å²) in [5.41, 5.74) is 2.66. The number of amides is 1. The van der Waals surface area contributed by atoms with Crippen LogP contribution in [0.1, 0.15) is 39.0 Å². The Bertz CT molecular complexity index is 1400. The van der Waals surface area contributed by atoms with Crippen molar-refractivity contribution in [3.05, 3.63) is 113 Å². The summed E-state index contributed by atoms with van der Waals surface area (Å²) in [6.07, 6.45) is -0.293. The predicted octanol–water partition coefficient (Wildman–Crippen LogP) is 5.46. The smallest absolute Gasteiger partial charge is 0.264 e. The predicted molar refractivity (Wildman–Crippen MR) is 130 cm³/mol. The molecule has 0 saturated carbocycles. The first-order chi connectivity index (χ1) is 15.9. The average Bonchev–Trinajstić information content (AvgIpc) is 3.01. The number of carbonyl (C=O) groups is 2. The van der Waals surface area contributed by atoms with E-state index in [0.29, 0.717) is 23.4 Å². The number of anilines is 1. The van der Waals surface area contributed by atoms with Crippen LogP contribution in [-0.2, 0) is 16.9 Å². The van der Waals surface area contributed by atoms with Crippen LogP contribution in [0.25, 0.3) is 10.8 Å². The largest absolute Gasteiger partial charge is 0.375 e. The van der Waals surface area contributed by atoms with Crippen LogP contribution < -0.4 is 4.90 Å². The number of para-hydroxylation sites is 1. The molecule has 1 aliphatic heterocycles. The minimum absolute atomic E-state index is 0.245. The molecule has 33 heavy (non-hydrogen) atoms. The fourth-order valence-corrected chi connectivity index (χ4v) is 4.89. The van der Waals surface area contributed by atoms with Crippen molar-refractivity contribution in [3.8, 4) is 0 Å². The Morgan fingerprint density at radius 2 is 1.64 bits per heavy atom. The molecule has 1 N–H and O–H groups in total. The van der Waals surface area contributed by atoms with Crippen molar-refractivity contribution < 1.29 is 14.7 Å². The highest BCUT2D eigenvalue weighted by Gasteiger charge is 2.50. The lowest BCUT2D eigenvalue weighted by molar-refractivity contribution is -0.136. The van der Waals surface area contributed by atoms with Gasteiger partial charge in [0.2, 0.25) is 0 Å². The van der Waals surface area contributed by atoms with Crippen molar-refractivity contribution in [2.24, 2.45) is 0 Å². The van der Waals surface area contributed by atoms with E-state index in [4.69, 9.17) is 0 Å². The van der Waals surface area contributed by atoms with E-state index in [1.807, 2.05) is 80.6 Å². The van der Waals surface area contributed by atoms with E-state index in [1.54, 1.807) is 23.1 Å². The Morgan fingerprint density at radius 1 is 0.909 bits per heavy atom. The summed E-state index contributed by atoms with van der Waals surface area (Å²) in [5.74, 6) is -0.708. The molecule has 5 rings (SSSR count). The number of ketones is 1. The van der Waals surface area contributed by atoms with E-state index >= 15 is 0 Å². The SMILES string of the molecule is Cc1ccc(C(=O)C[C@@]2(O)C(=O)N(Cc3cccc4ccccc34)c3ccccc32)c(C)c1. The molecule has 4 nitrogen and oxygen atoms in total.